The Morgan fingerprint density at radius 2 is 1.54 bits per heavy atom. The first-order valence-corrected chi connectivity index (χ1v) is 13.0. The molecule has 1 aliphatic carbocycles. The SMILES string of the molecule is C1=CC(/C=C\Cc2ccccc2)=C(Nc2cccc(-n3c(-c4ccccc4)cc4ccccc43)c2)CC1. The molecule has 0 bridgehead atoms. The molecule has 2 heteroatoms. The topological polar surface area (TPSA) is 17.0 Å². The lowest BCUT2D eigenvalue weighted by Crippen LogP contribution is -2.06. The van der Waals surface area contributed by atoms with Gasteiger partial charge in [0.1, 0.15) is 0 Å². The van der Waals surface area contributed by atoms with Crippen LogP contribution < -0.4 is 5.32 Å². The zero-order valence-corrected chi connectivity index (χ0v) is 20.8. The van der Waals surface area contributed by atoms with Gasteiger partial charge in [0.2, 0.25) is 0 Å². The fourth-order valence-electron chi connectivity index (χ4n) is 5.06. The van der Waals surface area contributed by atoms with E-state index < -0.39 is 0 Å². The number of para-hydroxylation sites is 1. The fourth-order valence-corrected chi connectivity index (χ4v) is 5.06. The van der Waals surface area contributed by atoms with Crippen molar-refractivity contribution < 1.29 is 0 Å². The Bertz CT molecular complexity index is 1600. The smallest absolute Gasteiger partial charge is 0.0541 e. The lowest BCUT2D eigenvalue weighted by molar-refractivity contribution is 0.953. The largest absolute Gasteiger partial charge is 0.358 e. The van der Waals surface area contributed by atoms with E-state index in [0.29, 0.717) is 0 Å². The number of aromatic nitrogens is 1. The van der Waals surface area contributed by atoms with E-state index in [1.807, 2.05) is 0 Å². The maximum Gasteiger partial charge on any atom is 0.0541 e. The third-order valence-electron chi connectivity index (χ3n) is 6.88. The second kappa shape index (κ2) is 10.6. The van der Waals surface area contributed by atoms with Crippen LogP contribution in [0.5, 0.6) is 0 Å². The molecule has 180 valence electrons. The van der Waals surface area contributed by atoms with Gasteiger partial charge in [-0.15, -0.1) is 0 Å². The molecule has 1 N–H and O–H groups in total. The highest BCUT2D eigenvalue weighted by atomic mass is 15.0. The number of nitrogens with one attached hydrogen (secondary N) is 1. The molecule has 0 spiro atoms. The first kappa shape index (κ1) is 22.9. The van der Waals surface area contributed by atoms with Crippen LogP contribution in [0.2, 0.25) is 0 Å². The van der Waals surface area contributed by atoms with Crippen molar-refractivity contribution in [1.29, 1.82) is 0 Å². The summed E-state index contributed by atoms with van der Waals surface area (Å²) in [6.45, 7) is 0. The number of nitrogens with zero attached hydrogens (tertiary/aromatic N) is 1. The minimum atomic E-state index is 0.934. The third-order valence-corrected chi connectivity index (χ3v) is 6.88. The molecular formula is C35H30N2. The number of benzene rings is 4. The molecule has 0 aliphatic heterocycles. The van der Waals surface area contributed by atoms with Gasteiger partial charge in [0.15, 0.2) is 0 Å². The van der Waals surface area contributed by atoms with Gasteiger partial charge in [0.25, 0.3) is 0 Å². The van der Waals surface area contributed by atoms with Crippen molar-refractivity contribution >= 4 is 16.6 Å². The lowest BCUT2D eigenvalue weighted by atomic mass is 10.0. The van der Waals surface area contributed by atoms with Gasteiger partial charge < -0.3 is 9.88 Å². The highest BCUT2D eigenvalue weighted by molar-refractivity contribution is 5.89. The van der Waals surface area contributed by atoms with Crippen LogP contribution in [-0.2, 0) is 6.42 Å². The monoisotopic (exact) mass is 478 g/mol. The van der Waals surface area contributed by atoms with E-state index >= 15 is 0 Å². The van der Waals surface area contributed by atoms with Crippen molar-refractivity contribution in [3.63, 3.8) is 0 Å². The van der Waals surface area contributed by atoms with E-state index in [9.17, 15) is 0 Å². The summed E-state index contributed by atoms with van der Waals surface area (Å²) >= 11 is 0. The van der Waals surface area contributed by atoms with Gasteiger partial charge in [-0.2, -0.15) is 0 Å². The zero-order valence-electron chi connectivity index (χ0n) is 20.8. The number of fused-ring (bicyclic) bond motifs is 1. The van der Waals surface area contributed by atoms with Crippen LogP contribution in [0.1, 0.15) is 18.4 Å². The minimum absolute atomic E-state index is 0.934. The Labute approximate surface area is 218 Å². The molecule has 2 nitrogen and oxygen atoms in total. The zero-order chi connectivity index (χ0) is 24.9. The molecule has 37 heavy (non-hydrogen) atoms. The average Bonchev–Trinajstić information content (AvgIpc) is 3.35. The van der Waals surface area contributed by atoms with Crippen molar-refractivity contribution in [2.45, 2.75) is 19.3 Å². The van der Waals surface area contributed by atoms with Crippen molar-refractivity contribution in [3.8, 4) is 16.9 Å². The van der Waals surface area contributed by atoms with Crippen LogP contribution in [0, 0.1) is 0 Å². The van der Waals surface area contributed by atoms with Gasteiger partial charge >= 0.3 is 0 Å². The number of anilines is 1. The average molecular weight is 479 g/mol. The highest BCUT2D eigenvalue weighted by Crippen LogP contribution is 2.33. The predicted molar refractivity (Wildman–Crippen MR) is 157 cm³/mol. The third kappa shape index (κ3) is 5.05. The number of hydrogen-bond acceptors (Lipinski definition) is 1. The van der Waals surface area contributed by atoms with Gasteiger partial charge in [0.05, 0.1) is 11.2 Å². The molecule has 5 aromatic rings. The van der Waals surface area contributed by atoms with E-state index in [1.165, 1.54) is 39.0 Å². The maximum absolute atomic E-state index is 3.75. The number of hydrogen-bond donors (Lipinski definition) is 1. The Balaban J connectivity index is 1.33. The van der Waals surface area contributed by atoms with Crippen LogP contribution in [0.25, 0.3) is 27.8 Å². The lowest BCUT2D eigenvalue weighted by Gasteiger charge is -2.18. The van der Waals surface area contributed by atoms with E-state index in [0.717, 1.165) is 30.6 Å². The van der Waals surface area contributed by atoms with Gasteiger partial charge in [-0.25, -0.2) is 0 Å². The molecule has 1 aromatic heterocycles. The molecule has 1 heterocycles. The predicted octanol–water partition coefficient (Wildman–Crippen LogP) is 9.11. The molecule has 0 saturated heterocycles. The first-order valence-electron chi connectivity index (χ1n) is 13.0. The normalized spacial score (nSPS) is 13.5. The Morgan fingerprint density at radius 3 is 2.41 bits per heavy atom. The summed E-state index contributed by atoms with van der Waals surface area (Å²) in [5.41, 5.74) is 9.73. The van der Waals surface area contributed by atoms with Crippen molar-refractivity contribution in [2.75, 3.05) is 5.32 Å². The number of rotatable bonds is 7. The summed E-state index contributed by atoms with van der Waals surface area (Å²) in [4.78, 5) is 0. The molecule has 0 unspecified atom stereocenters. The van der Waals surface area contributed by atoms with Crippen LogP contribution in [0.4, 0.5) is 5.69 Å². The second-order valence-corrected chi connectivity index (χ2v) is 9.43. The molecular weight excluding hydrogens is 448 g/mol. The second-order valence-electron chi connectivity index (χ2n) is 9.43. The van der Waals surface area contributed by atoms with E-state index in [1.54, 1.807) is 0 Å². The van der Waals surface area contributed by atoms with Crippen molar-refractivity contribution in [3.05, 3.63) is 156 Å². The van der Waals surface area contributed by atoms with E-state index in [2.05, 4.69) is 149 Å². The highest BCUT2D eigenvalue weighted by Gasteiger charge is 2.13. The molecule has 0 amide bonds. The van der Waals surface area contributed by atoms with Crippen molar-refractivity contribution in [1.82, 2.24) is 4.57 Å². The van der Waals surface area contributed by atoms with Crippen LogP contribution in [0.15, 0.2) is 151 Å². The summed E-state index contributed by atoms with van der Waals surface area (Å²) in [6, 6.07) is 40.9. The summed E-state index contributed by atoms with van der Waals surface area (Å²) in [5, 5.41) is 4.99. The summed E-state index contributed by atoms with van der Waals surface area (Å²) in [7, 11) is 0. The summed E-state index contributed by atoms with van der Waals surface area (Å²) in [5.74, 6) is 0. The molecule has 0 saturated carbocycles. The quantitative estimate of drug-likeness (QED) is 0.247. The summed E-state index contributed by atoms with van der Waals surface area (Å²) < 4.78 is 2.37. The molecule has 0 radical (unpaired) electrons. The molecule has 1 aliphatic rings. The minimum Gasteiger partial charge on any atom is -0.358 e. The first-order chi connectivity index (χ1) is 18.3. The fraction of sp³-hybridized carbons (Fsp3) is 0.0857. The molecule has 4 aromatic carbocycles. The Hall–Kier alpha value is -4.56. The summed E-state index contributed by atoms with van der Waals surface area (Å²) in [6.07, 6.45) is 12.0. The van der Waals surface area contributed by atoms with Crippen LogP contribution >= 0.6 is 0 Å². The van der Waals surface area contributed by atoms with Crippen LogP contribution in [-0.4, -0.2) is 4.57 Å². The Kier molecular flexibility index (Phi) is 6.55. The Morgan fingerprint density at radius 1 is 0.757 bits per heavy atom. The maximum atomic E-state index is 3.75. The van der Waals surface area contributed by atoms with Gasteiger partial charge in [-0.3, -0.25) is 0 Å². The molecule has 0 fully saturated rings. The molecule has 0 atom stereocenters. The van der Waals surface area contributed by atoms with Crippen LogP contribution in [0.3, 0.4) is 0 Å². The van der Waals surface area contributed by atoms with E-state index in [-0.39, 0.29) is 0 Å². The van der Waals surface area contributed by atoms with E-state index in [4.69, 9.17) is 0 Å². The van der Waals surface area contributed by atoms with Gasteiger partial charge in [0, 0.05) is 22.5 Å². The standard InChI is InChI=1S/C35H30N2/c1-3-13-27(14-4-1)15-11-20-28-16-7-9-23-33(28)36-31-21-12-22-32(26-31)37-34-24-10-8-19-30(34)25-35(37)29-17-5-2-6-18-29/h1-8,10-14,16-22,24-26,36H,9,15,23H2/b20-11-. The molecule has 6 rings (SSSR count). The van der Waals surface area contributed by atoms with Gasteiger partial charge in [-0.05, 0) is 66.3 Å². The number of allylic oxidation sites excluding steroid dienone is 6. The van der Waals surface area contributed by atoms with Crippen molar-refractivity contribution in [2.24, 2.45) is 0 Å². The van der Waals surface area contributed by atoms with Gasteiger partial charge in [-0.1, -0.05) is 109 Å².